The molecule has 1 aliphatic rings. The lowest BCUT2D eigenvalue weighted by Crippen LogP contribution is -2.43. The summed E-state index contributed by atoms with van der Waals surface area (Å²) < 4.78 is 16.0. The number of nitrogens with one attached hydrogen (secondary N) is 1. The second-order valence-electron chi connectivity index (χ2n) is 7.04. The van der Waals surface area contributed by atoms with Crippen molar-refractivity contribution in [3.8, 4) is 17.2 Å². The highest BCUT2D eigenvalue weighted by molar-refractivity contribution is 6.06. The smallest absolute Gasteiger partial charge is 0.265 e. The number of rotatable bonds is 8. The highest BCUT2D eigenvalue weighted by atomic mass is 16.5. The molecule has 0 radical (unpaired) electrons. The van der Waals surface area contributed by atoms with Gasteiger partial charge in [-0.25, -0.2) is 0 Å². The summed E-state index contributed by atoms with van der Waals surface area (Å²) in [4.78, 5) is 41.1. The maximum Gasteiger partial charge on any atom is 0.265 e. The highest BCUT2D eigenvalue weighted by Gasteiger charge is 2.29. The van der Waals surface area contributed by atoms with E-state index < -0.39 is 5.91 Å². The predicted molar refractivity (Wildman–Crippen MR) is 120 cm³/mol. The van der Waals surface area contributed by atoms with Crippen molar-refractivity contribution in [2.45, 2.75) is 13.8 Å². The Bertz CT molecular complexity index is 1020. The number of nitrogens with zero attached hydrogens (tertiary/aromatic N) is 2. The number of fused-ring (bicyclic) bond motifs is 1. The number of hydrogen-bond acceptors (Lipinski definition) is 6. The van der Waals surface area contributed by atoms with Gasteiger partial charge in [0.2, 0.25) is 5.91 Å². The molecular weight excluding hydrogens is 414 g/mol. The van der Waals surface area contributed by atoms with E-state index in [1.165, 1.54) is 19.1 Å². The third-order valence-electron chi connectivity index (χ3n) is 5.18. The van der Waals surface area contributed by atoms with Crippen molar-refractivity contribution >= 4 is 29.1 Å². The van der Waals surface area contributed by atoms with E-state index in [1.54, 1.807) is 41.3 Å². The molecule has 0 spiro atoms. The first-order valence-corrected chi connectivity index (χ1v) is 10.3. The molecule has 2 aromatic rings. The molecular formula is C23H27N3O6. The van der Waals surface area contributed by atoms with Crippen LogP contribution in [0, 0.1) is 0 Å². The van der Waals surface area contributed by atoms with E-state index in [2.05, 4.69) is 5.32 Å². The molecule has 0 fully saturated rings. The second kappa shape index (κ2) is 10.0. The summed E-state index contributed by atoms with van der Waals surface area (Å²) in [6.45, 7) is 4.49. The largest absolute Gasteiger partial charge is 0.497 e. The van der Waals surface area contributed by atoms with E-state index in [9.17, 15) is 14.4 Å². The number of methoxy groups -OCH3 is 2. The van der Waals surface area contributed by atoms with Gasteiger partial charge in [0.1, 0.15) is 23.8 Å². The molecule has 0 atom stereocenters. The molecule has 1 heterocycles. The fourth-order valence-electron chi connectivity index (χ4n) is 3.45. The quantitative estimate of drug-likeness (QED) is 0.676. The topological polar surface area (TPSA) is 97.4 Å². The van der Waals surface area contributed by atoms with Crippen molar-refractivity contribution < 1.29 is 28.6 Å². The zero-order chi connectivity index (χ0) is 23.3. The number of amides is 3. The molecule has 9 heteroatoms. The fraction of sp³-hybridized carbons (Fsp3) is 0.348. The summed E-state index contributed by atoms with van der Waals surface area (Å²) in [5, 5.41) is 2.75. The number of carbonyl (C=O) groups is 3. The summed E-state index contributed by atoms with van der Waals surface area (Å²) in [5.74, 6) is 0.484. The molecule has 3 amide bonds. The van der Waals surface area contributed by atoms with Crippen LogP contribution in [0.1, 0.15) is 24.2 Å². The highest BCUT2D eigenvalue weighted by Crippen LogP contribution is 2.34. The molecule has 0 saturated carbocycles. The normalized spacial score (nSPS) is 12.5. The lowest BCUT2D eigenvalue weighted by atomic mass is 10.1. The van der Waals surface area contributed by atoms with Crippen molar-refractivity contribution in [2.24, 2.45) is 0 Å². The second-order valence-corrected chi connectivity index (χ2v) is 7.04. The Morgan fingerprint density at radius 1 is 1.09 bits per heavy atom. The maximum absolute atomic E-state index is 12.8. The SMILES string of the molecule is CCN(CC)C(=O)c1ccc2c(c1)N(CC(=O)Nc1cc(OC)ccc1OC)C(=O)CO2. The molecule has 32 heavy (non-hydrogen) atoms. The van der Waals surface area contributed by atoms with Gasteiger partial charge < -0.3 is 24.4 Å². The van der Waals surface area contributed by atoms with E-state index in [-0.39, 0.29) is 25.0 Å². The summed E-state index contributed by atoms with van der Waals surface area (Å²) >= 11 is 0. The molecule has 0 bridgehead atoms. The first-order valence-electron chi connectivity index (χ1n) is 10.3. The minimum atomic E-state index is -0.432. The van der Waals surface area contributed by atoms with Crippen LogP contribution >= 0.6 is 0 Å². The lowest BCUT2D eigenvalue weighted by molar-refractivity contribution is -0.123. The summed E-state index contributed by atoms with van der Waals surface area (Å²) in [6.07, 6.45) is 0. The molecule has 1 aliphatic heterocycles. The number of benzene rings is 2. The summed E-state index contributed by atoms with van der Waals surface area (Å²) in [7, 11) is 3.02. The van der Waals surface area contributed by atoms with E-state index in [0.29, 0.717) is 47.3 Å². The van der Waals surface area contributed by atoms with Gasteiger partial charge in [0.25, 0.3) is 11.8 Å². The van der Waals surface area contributed by atoms with Crippen molar-refractivity contribution in [2.75, 3.05) is 50.7 Å². The van der Waals surface area contributed by atoms with Crippen molar-refractivity contribution in [1.82, 2.24) is 4.90 Å². The Labute approximate surface area is 186 Å². The van der Waals surface area contributed by atoms with E-state index in [0.717, 1.165) is 0 Å². The molecule has 1 N–H and O–H groups in total. The van der Waals surface area contributed by atoms with Crippen molar-refractivity contribution in [1.29, 1.82) is 0 Å². The molecule has 0 aromatic heterocycles. The standard InChI is InChI=1S/C23H27N3O6/c1-5-25(6-2)23(29)15-7-9-20-18(11-15)26(22(28)14-32-20)13-21(27)24-17-12-16(30-3)8-10-19(17)31-4/h7-12H,5-6,13-14H2,1-4H3,(H,24,27). The number of carbonyl (C=O) groups excluding carboxylic acids is 3. The van der Waals surface area contributed by atoms with Gasteiger partial charge in [-0.1, -0.05) is 0 Å². The van der Waals surface area contributed by atoms with E-state index >= 15 is 0 Å². The zero-order valence-electron chi connectivity index (χ0n) is 18.6. The Morgan fingerprint density at radius 2 is 1.84 bits per heavy atom. The first-order chi connectivity index (χ1) is 15.4. The van der Waals surface area contributed by atoms with Gasteiger partial charge >= 0.3 is 0 Å². The van der Waals surface area contributed by atoms with Gasteiger partial charge in [-0.15, -0.1) is 0 Å². The van der Waals surface area contributed by atoms with Crippen LogP contribution in [0.3, 0.4) is 0 Å². The van der Waals surface area contributed by atoms with Crippen LogP contribution in [0.25, 0.3) is 0 Å². The third-order valence-corrected chi connectivity index (χ3v) is 5.18. The molecule has 2 aromatic carbocycles. The van der Waals surface area contributed by atoms with Gasteiger partial charge in [0.15, 0.2) is 6.61 Å². The van der Waals surface area contributed by atoms with E-state index in [1.807, 2.05) is 13.8 Å². The molecule has 0 saturated heterocycles. The molecule has 0 unspecified atom stereocenters. The number of hydrogen-bond donors (Lipinski definition) is 1. The molecule has 3 rings (SSSR count). The Kier molecular flexibility index (Phi) is 7.19. The third kappa shape index (κ3) is 4.77. The molecule has 0 aliphatic carbocycles. The van der Waals surface area contributed by atoms with Gasteiger partial charge in [-0.2, -0.15) is 0 Å². The fourth-order valence-corrected chi connectivity index (χ4v) is 3.45. The van der Waals surface area contributed by atoms with Crippen molar-refractivity contribution in [3.05, 3.63) is 42.0 Å². The summed E-state index contributed by atoms with van der Waals surface area (Å²) in [6, 6.07) is 9.92. The van der Waals surface area contributed by atoms with Crippen LogP contribution in [-0.2, 0) is 9.59 Å². The van der Waals surface area contributed by atoms with Crippen LogP contribution in [0.15, 0.2) is 36.4 Å². The van der Waals surface area contributed by atoms with Crippen LogP contribution in [-0.4, -0.2) is 63.1 Å². The average molecular weight is 441 g/mol. The minimum Gasteiger partial charge on any atom is -0.497 e. The lowest BCUT2D eigenvalue weighted by Gasteiger charge is -2.29. The minimum absolute atomic E-state index is 0.152. The Hall–Kier alpha value is -3.75. The van der Waals surface area contributed by atoms with Gasteiger partial charge in [-0.3, -0.25) is 19.3 Å². The first kappa shape index (κ1) is 22.9. The summed E-state index contributed by atoms with van der Waals surface area (Å²) in [5.41, 5.74) is 1.22. The van der Waals surface area contributed by atoms with Crippen LogP contribution in [0.4, 0.5) is 11.4 Å². The van der Waals surface area contributed by atoms with Gasteiger partial charge in [0, 0.05) is 24.7 Å². The monoisotopic (exact) mass is 441 g/mol. The van der Waals surface area contributed by atoms with Crippen LogP contribution in [0.5, 0.6) is 17.2 Å². The predicted octanol–water partition coefficient (Wildman–Crippen LogP) is 2.55. The Balaban J connectivity index is 1.85. The molecule has 9 nitrogen and oxygen atoms in total. The maximum atomic E-state index is 12.8. The van der Waals surface area contributed by atoms with Crippen molar-refractivity contribution in [3.63, 3.8) is 0 Å². The van der Waals surface area contributed by atoms with Gasteiger partial charge in [-0.05, 0) is 44.2 Å². The van der Waals surface area contributed by atoms with Crippen LogP contribution in [0.2, 0.25) is 0 Å². The van der Waals surface area contributed by atoms with E-state index in [4.69, 9.17) is 14.2 Å². The average Bonchev–Trinajstić information content (AvgIpc) is 2.81. The zero-order valence-corrected chi connectivity index (χ0v) is 18.6. The molecule has 170 valence electrons. The van der Waals surface area contributed by atoms with Crippen LogP contribution < -0.4 is 24.4 Å². The Morgan fingerprint density at radius 3 is 2.50 bits per heavy atom. The number of anilines is 2. The van der Waals surface area contributed by atoms with Gasteiger partial charge in [0.05, 0.1) is 25.6 Å². The number of ether oxygens (including phenoxy) is 3.